The van der Waals surface area contributed by atoms with E-state index in [9.17, 15) is 14.9 Å². The van der Waals surface area contributed by atoms with Gasteiger partial charge in [0, 0.05) is 62.0 Å². The lowest BCUT2D eigenvalue weighted by molar-refractivity contribution is -0.117. The van der Waals surface area contributed by atoms with Crippen LogP contribution in [-0.2, 0) is 11.8 Å². The second-order valence-corrected chi connectivity index (χ2v) is 9.24. The van der Waals surface area contributed by atoms with Gasteiger partial charge in [-0.2, -0.15) is 5.26 Å². The van der Waals surface area contributed by atoms with E-state index in [0.717, 1.165) is 41.6 Å². The molecule has 0 radical (unpaired) electrons. The molecule has 1 amide bonds. The first-order chi connectivity index (χ1) is 16.5. The van der Waals surface area contributed by atoms with Crippen LogP contribution in [0.5, 0.6) is 5.75 Å². The van der Waals surface area contributed by atoms with Crippen molar-refractivity contribution in [1.29, 1.82) is 5.26 Å². The molecular formula is C26H25ClN4O3. The van der Waals surface area contributed by atoms with Crippen LogP contribution in [0, 0.1) is 11.3 Å². The summed E-state index contributed by atoms with van der Waals surface area (Å²) in [6.07, 6.45) is 2.97. The van der Waals surface area contributed by atoms with Gasteiger partial charge in [-0.25, -0.2) is 0 Å². The van der Waals surface area contributed by atoms with Gasteiger partial charge in [0.25, 0.3) is 5.56 Å². The summed E-state index contributed by atoms with van der Waals surface area (Å²) >= 11 is 5.96. The molecule has 34 heavy (non-hydrogen) atoms. The van der Waals surface area contributed by atoms with E-state index in [1.807, 2.05) is 30.3 Å². The van der Waals surface area contributed by atoms with Crippen LogP contribution in [0.1, 0.15) is 31.2 Å². The number of aromatic nitrogens is 1. The number of anilines is 2. The molecule has 8 heteroatoms. The first-order valence-corrected chi connectivity index (χ1v) is 11.9. The predicted molar refractivity (Wildman–Crippen MR) is 133 cm³/mol. The van der Waals surface area contributed by atoms with Crippen molar-refractivity contribution in [3.63, 3.8) is 0 Å². The fourth-order valence-electron chi connectivity index (χ4n) is 4.93. The number of nitrogens with zero attached hydrogens (tertiary/aromatic N) is 4. The molecule has 0 spiro atoms. The van der Waals surface area contributed by atoms with E-state index in [1.165, 1.54) is 4.57 Å². The van der Waals surface area contributed by atoms with Crippen LogP contribution in [0.3, 0.4) is 0 Å². The van der Waals surface area contributed by atoms with Crippen LogP contribution in [0.4, 0.5) is 11.4 Å². The largest absolute Gasteiger partial charge is 0.490 e. The van der Waals surface area contributed by atoms with Gasteiger partial charge in [-0.05, 0) is 48.9 Å². The fraction of sp³-hybridized carbons (Fsp3) is 0.346. The molecule has 0 aliphatic carbocycles. The molecule has 5 rings (SSSR count). The smallest absolute Gasteiger partial charge is 0.270 e. The summed E-state index contributed by atoms with van der Waals surface area (Å²) < 4.78 is 7.62. The first kappa shape index (κ1) is 22.3. The van der Waals surface area contributed by atoms with E-state index in [2.05, 4.69) is 11.0 Å². The number of rotatable bonds is 4. The molecular weight excluding hydrogens is 452 g/mol. The summed E-state index contributed by atoms with van der Waals surface area (Å²) in [7, 11) is 1.68. The fourth-order valence-corrected chi connectivity index (χ4v) is 5.06. The number of fused-ring (bicyclic) bond motifs is 1. The van der Waals surface area contributed by atoms with Crippen LogP contribution in [0.2, 0.25) is 5.02 Å². The number of benzene rings is 2. The van der Waals surface area contributed by atoms with Crippen molar-refractivity contribution in [3.05, 3.63) is 63.4 Å². The average molecular weight is 477 g/mol. The highest BCUT2D eigenvalue weighted by atomic mass is 35.5. The maximum absolute atomic E-state index is 13.1. The van der Waals surface area contributed by atoms with Gasteiger partial charge in [-0.3, -0.25) is 9.59 Å². The van der Waals surface area contributed by atoms with Crippen LogP contribution < -0.4 is 20.1 Å². The van der Waals surface area contributed by atoms with E-state index in [0.29, 0.717) is 36.8 Å². The van der Waals surface area contributed by atoms with Crippen molar-refractivity contribution < 1.29 is 9.53 Å². The second kappa shape index (κ2) is 9.03. The molecule has 2 aliphatic rings. The Morgan fingerprint density at radius 3 is 2.44 bits per heavy atom. The molecule has 0 unspecified atom stereocenters. The van der Waals surface area contributed by atoms with Crippen LogP contribution in [0.15, 0.2) is 47.3 Å². The minimum atomic E-state index is -0.325. The Bertz CT molecular complexity index is 1350. The monoisotopic (exact) mass is 476 g/mol. The highest BCUT2D eigenvalue weighted by molar-refractivity contribution is 6.30. The molecule has 1 aromatic heterocycles. The molecule has 3 aromatic rings. The van der Waals surface area contributed by atoms with E-state index >= 15 is 0 Å². The zero-order valence-electron chi connectivity index (χ0n) is 19.0. The van der Waals surface area contributed by atoms with Crippen molar-refractivity contribution in [3.8, 4) is 11.8 Å². The Hall–Kier alpha value is -3.50. The number of hydrogen-bond acceptors (Lipinski definition) is 5. The Kier molecular flexibility index (Phi) is 5.93. The third kappa shape index (κ3) is 3.99. The third-order valence-electron chi connectivity index (χ3n) is 6.72. The zero-order valence-corrected chi connectivity index (χ0v) is 19.7. The van der Waals surface area contributed by atoms with Crippen molar-refractivity contribution >= 4 is 39.8 Å². The van der Waals surface area contributed by atoms with Crippen molar-refractivity contribution in [2.24, 2.45) is 7.05 Å². The summed E-state index contributed by atoms with van der Waals surface area (Å²) in [5, 5.41) is 11.4. The standard InChI is InChI=1S/C26H25ClN4O3/c1-29-23-15-18(31-12-2-3-24(31)32)6-9-21(23)25(22(16-28)26(29)33)30-13-10-20(11-14-30)34-19-7-4-17(27)5-8-19/h4-9,15,20H,2-3,10-14H2,1H3. The molecule has 2 fully saturated rings. The number of ether oxygens (including phenoxy) is 1. The number of hydrogen-bond donors (Lipinski definition) is 0. The normalized spacial score (nSPS) is 16.8. The zero-order chi connectivity index (χ0) is 23.8. The number of nitriles is 1. The molecule has 0 bridgehead atoms. The van der Waals surface area contributed by atoms with E-state index < -0.39 is 0 Å². The lowest BCUT2D eigenvalue weighted by Gasteiger charge is -2.35. The number of piperidine rings is 1. The molecule has 0 atom stereocenters. The van der Waals surface area contributed by atoms with Crippen molar-refractivity contribution in [2.45, 2.75) is 31.8 Å². The predicted octanol–water partition coefficient (Wildman–Crippen LogP) is 4.24. The van der Waals surface area contributed by atoms with Crippen LogP contribution in [-0.4, -0.2) is 36.2 Å². The Balaban J connectivity index is 1.46. The maximum atomic E-state index is 13.1. The van der Waals surface area contributed by atoms with Crippen LogP contribution in [0.25, 0.3) is 10.9 Å². The van der Waals surface area contributed by atoms with Gasteiger partial charge in [0.2, 0.25) is 5.91 Å². The van der Waals surface area contributed by atoms with Crippen LogP contribution >= 0.6 is 11.6 Å². The van der Waals surface area contributed by atoms with E-state index in [1.54, 1.807) is 24.1 Å². The molecule has 2 aromatic carbocycles. The Morgan fingerprint density at radius 2 is 1.79 bits per heavy atom. The molecule has 7 nitrogen and oxygen atoms in total. The van der Waals surface area contributed by atoms with Gasteiger partial charge in [-0.15, -0.1) is 0 Å². The van der Waals surface area contributed by atoms with Gasteiger partial charge in [0.1, 0.15) is 23.5 Å². The number of halogens is 1. The van der Waals surface area contributed by atoms with E-state index in [-0.39, 0.29) is 23.1 Å². The van der Waals surface area contributed by atoms with Crippen molar-refractivity contribution in [2.75, 3.05) is 29.4 Å². The SMILES string of the molecule is Cn1c(=O)c(C#N)c(N2CCC(Oc3ccc(Cl)cc3)CC2)c2ccc(N3CCCC3=O)cc21. The lowest BCUT2D eigenvalue weighted by atomic mass is 10.0. The summed E-state index contributed by atoms with van der Waals surface area (Å²) in [5.41, 5.74) is 2.00. The Morgan fingerprint density at radius 1 is 1.06 bits per heavy atom. The summed E-state index contributed by atoms with van der Waals surface area (Å²) in [6.45, 7) is 2.02. The molecule has 174 valence electrons. The minimum Gasteiger partial charge on any atom is -0.490 e. The number of amides is 1. The minimum absolute atomic E-state index is 0.0496. The molecule has 0 saturated carbocycles. The maximum Gasteiger partial charge on any atom is 0.270 e. The highest BCUT2D eigenvalue weighted by Crippen LogP contribution is 2.34. The highest BCUT2D eigenvalue weighted by Gasteiger charge is 2.27. The summed E-state index contributed by atoms with van der Waals surface area (Å²) in [4.78, 5) is 29.2. The first-order valence-electron chi connectivity index (χ1n) is 11.5. The molecule has 2 saturated heterocycles. The number of pyridine rings is 1. The summed E-state index contributed by atoms with van der Waals surface area (Å²) in [6, 6.07) is 15.2. The van der Waals surface area contributed by atoms with Gasteiger partial charge in [0.15, 0.2) is 0 Å². The third-order valence-corrected chi connectivity index (χ3v) is 6.98. The van der Waals surface area contributed by atoms with Gasteiger partial charge >= 0.3 is 0 Å². The second-order valence-electron chi connectivity index (χ2n) is 8.81. The molecule has 3 heterocycles. The molecule has 2 aliphatic heterocycles. The number of aryl methyl sites for hydroxylation is 1. The number of carbonyl (C=O) groups excluding carboxylic acids is 1. The Labute approximate surface area is 202 Å². The lowest BCUT2D eigenvalue weighted by Crippen LogP contribution is -2.40. The number of carbonyl (C=O) groups is 1. The van der Waals surface area contributed by atoms with Gasteiger partial charge in [-0.1, -0.05) is 11.6 Å². The summed E-state index contributed by atoms with van der Waals surface area (Å²) in [5.74, 6) is 0.879. The van der Waals surface area contributed by atoms with Gasteiger partial charge in [0.05, 0.1) is 11.2 Å². The molecule has 0 N–H and O–H groups in total. The quantitative estimate of drug-likeness (QED) is 0.562. The average Bonchev–Trinajstić information content (AvgIpc) is 3.29. The topological polar surface area (TPSA) is 78.6 Å². The van der Waals surface area contributed by atoms with Gasteiger partial charge < -0.3 is 19.1 Å². The van der Waals surface area contributed by atoms with Crippen molar-refractivity contribution in [1.82, 2.24) is 4.57 Å². The van der Waals surface area contributed by atoms with E-state index in [4.69, 9.17) is 16.3 Å².